The van der Waals surface area contributed by atoms with E-state index in [4.69, 9.17) is 16.3 Å². The normalized spacial score (nSPS) is 10.9. The minimum Gasteiger partial charge on any atom is -0.422 e. The Morgan fingerprint density at radius 2 is 1.72 bits per heavy atom. The molecule has 0 aliphatic heterocycles. The summed E-state index contributed by atoms with van der Waals surface area (Å²) in [5, 5.41) is 24.6. The molecule has 9 heteroatoms. The Bertz CT molecular complexity index is 1580. The van der Waals surface area contributed by atoms with Crippen molar-refractivity contribution in [3.05, 3.63) is 117 Å². The molecule has 0 atom stereocenters. The van der Waals surface area contributed by atoms with E-state index in [1.54, 1.807) is 42.5 Å². The summed E-state index contributed by atoms with van der Waals surface area (Å²) in [4.78, 5) is 36.1. The van der Waals surface area contributed by atoms with Crippen LogP contribution in [-0.2, 0) is 4.79 Å². The molecule has 1 N–H and O–H groups in total. The molecule has 8 nitrogen and oxygen atoms in total. The number of nitrogens with one attached hydrogen (secondary N) is 1. The molecule has 36 heavy (non-hydrogen) atoms. The van der Waals surface area contributed by atoms with E-state index in [1.165, 1.54) is 18.2 Å². The van der Waals surface area contributed by atoms with Gasteiger partial charge in [-0.1, -0.05) is 66.2 Å². The molecular formula is C27H16ClN3O5. The van der Waals surface area contributed by atoms with Crippen molar-refractivity contribution in [3.8, 4) is 11.8 Å². The van der Waals surface area contributed by atoms with Gasteiger partial charge >= 0.3 is 5.97 Å². The fourth-order valence-electron chi connectivity index (χ4n) is 3.48. The van der Waals surface area contributed by atoms with Crippen LogP contribution in [0.15, 0.2) is 90.5 Å². The summed E-state index contributed by atoms with van der Waals surface area (Å²) in [5.41, 5.74) is 0.0890. The van der Waals surface area contributed by atoms with Gasteiger partial charge in [-0.3, -0.25) is 14.9 Å². The number of carbonyl (C=O) groups excluding carboxylic acids is 2. The lowest BCUT2D eigenvalue weighted by molar-refractivity contribution is -0.384. The number of nitrogens with zero attached hydrogens (tertiary/aromatic N) is 2. The number of anilines is 1. The third-order valence-corrected chi connectivity index (χ3v) is 5.52. The topological polar surface area (TPSA) is 122 Å². The summed E-state index contributed by atoms with van der Waals surface area (Å²) in [6, 6.07) is 24.7. The number of para-hydroxylation sites is 1. The van der Waals surface area contributed by atoms with Gasteiger partial charge in [0.15, 0.2) is 0 Å². The maximum absolute atomic E-state index is 13.0. The number of halogens is 1. The number of nitro benzene ring substituents is 1. The van der Waals surface area contributed by atoms with Crippen molar-refractivity contribution >= 4 is 51.7 Å². The van der Waals surface area contributed by atoms with Crippen LogP contribution < -0.4 is 10.1 Å². The van der Waals surface area contributed by atoms with Gasteiger partial charge in [0.05, 0.1) is 10.5 Å². The summed E-state index contributed by atoms with van der Waals surface area (Å²) in [7, 11) is 0. The number of ether oxygens (including phenoxy) is 1. The fraction of sp³-hybridized carbons (Fsp3) is 0. The van der Waals surface area contributed by atoms with Gasteiger partial charge in [0.2, 0.25) is 0 Å². The third kappa shape index (κ3) is 5.22. The molecule has 0 heterocycles. The highest BCUT2D eigenvalue weighted by molar-refractivity contribution is 6.32. The third-order valence-electron chi connectivity index (χ3n) is 5.20. The highest BCUT2D eigenvalue weighted by Crippen LogP contribution is 2.28. The number of hydrogen-bond acceptors (Lipinski definition) is 6. The average molecular weight is 498 g/mol. The van der Waals surface area contributed by atoms with E-state index < -0.39 is 16.8 Å². The maximum atomic E-state index is 13.0. The summed E-state index contributed by atoms with van der Waals surface area (Å²) in [6.45, 7) is 0. The second-order valence-corrected chi connectivity index (χ2v) is 7.91. The Morgan fingerprint density at radius 3 is 2.50 bits per heavy atom. The van der Waals surface area contributed by atoms with E-state index in [-0.39, 0.29) is 27.7 Å². The molecule has 0 spiro atoms. The van der Waals surface area contributed by atoms with E-state index >= 15 is 0 Å². The molecule has 0 saturated carbocycles. The first-order valence-corrected chi connectivity index (χ1v) is 10.9. The lowest BCUT2D eigenvalue weighted by atomic mass is 10.0. The largest absolute Gasteiger partial charge is 0.422 e. The van der Waals surface area contributed by atoms with Gasteiger partial charge in [0, 0.05) is 17.3 Å². The summed E-state index contributed by atoms with van der Waals surface area (Å²) in [5.74, 6) is -1.24. The van der Waals surface area contributed by atoms with Crippen LogP contribution in [0.5, 0.6) is 5.75 Å². The first-order chi connectivity index (χ1) is 17.4. The Hall–Kier alpha value is -5.00. The van der Waals surface area contributed by atoms with Crippen LogP contribution in [0.1, 0.15) is 15.9 Å². The average Bonchev–Trinajstić information content (AvgIpc) is 2.88. The van der Waals surface area contributed by atoms with Crippen LogP contribution in [0.2, 0.25) is 5.02 Å². The molecule has 0 saturated heterocycles. The zero-order valence-corrected chi connectivity index (χ0v) is 19.2. The van der Waals surface area contributed by atoms with Crippen LogP contribution in [0.3, 0.4) is 0 Å². The van der Waals surface area contributed by atoms with Crippen LogP contribution in [0, 0.1) is 21.4 Å². The maximum Gasteiger partial charge on any atom is 0.344 e. The van der Waals surface area contributed by atoms with Crippen LogP contribution in [0.25, 0.3) is 16.8 Å². The van der Waals surface area contributed by atoms with E-state index in [0.717, 1.165) is 16.8 Å². The highest BCUT2D eigenvalue weighted by atomic mass is 35.5. The molecule has 4 aromatic carbocycles. The monoisotopic (exact) mass is 497 g/mol. The fourth-order valence-corrected chi connectivity index (χ4v) is 3.67. The first kappa shape index (κ1) is 24.1. The van der Waals surface area contributed by atoms with E-state index in [2.05, 4.69) is 5.32 Å². The number of rotatable bonds is 6. The standard InChI is InChI=1S/C27H16ClN3O5/c28-23-13-12-20(15-24(23)31(34)35)30-26(32)19(16-29)14-18-7-2-4-11-25(18)36-27(33)22-10-5-8-17-6-1-3-9-21(17)22/h1-15H,(H,30,32)/b19-14+. The van der Waals surface area contributed by atoms with Crippen molar-refractivity contribution in [2.24, 2.45) is 0 Å². The minimum absolute atomic E-state index is 0.0871. The lowest BCUT2D eigenvalue weighted by Gasteiger charge is -2.10. The molecule has 0 unspecified atom stereocenters. The van der Waals surface area contributed by atoms with E-state index in [9.17, 15) is 25.0 Å². The molecule has 0 aliphatic rings. The molecule has 4 aromatic rings. The molecule has 0 aliphatic carbocycles. The Balaban J connectivity index is 1.60. The lowest BCUT2D eigenvalue weighted by Crippen LogP contribution is -2.14. The summed E-state index contributed by atoms with van der Waals surface area (Å²) < 4.78 is 5.62. The molecule has 1 amide bonds. The molecule has 0 bridgehead atoms. The Kier molecular flexibility index (Phi) is 7.04. The zero-order valence-electron chi connectivity index (χ0n) is 18.5. The van der Waals surface area contributed by atoms with Crippen molar-refractivity contribution in [1.82, 2.24) is 0 Å². The second kappa shape index (κ2) is 10.5. The summed E-state index contributed by atoms with van der Waals surface area (Å²) in [6.07, 6.45) is 1.27. The number of carbonyl (C=O) groups is 2. The Labute approximate surface area is 210 Å². The van der Waals surface area contributed by atoms with Gasteiger partial charge in [-0.2, -0.15) is 5.26 Å². The van der Waals surface area contributed by atoms with Crippen LogP contribution >= 0.6 is 11.6 Å². The number of benzene rings is 4. The number of nitriles is 1. The number of nitro groups is 1. The van der Waals surface area contributed by atoms with Crippen LogP contribution in [-0.4, -0.2) is 16.8 Å². The molecule has 0 aromatic heterocycles. The number of esters is 1. The molecule has 0 fully saturated rings. The quantitative estimate of drug-likeness (QED) is 0.0848. The zero-order chi connectivity index (χ0) is 25.7. The van der Waals surface area contributed by atoms with Gasteiger partial charge < -0.3 is 10.1 Å². The molecular weight excluding hydrogens is 482 g/mol. The number of fused-ring (bicyclic) bond motifs is 1. The van der Waals surface area contributed by atoms with Gasteiger partial charge in [0.1, 0.15) is 22.4 Å². The van der Waals surface area contributed by atoms with Crippen molar-refractivity contribution in [1.29, 1.82) is 5.26 Å². The molecule has 176 valence electrons. The van der Waals surface area contributed by atoms with Crippen LogP contribution in [0.4, 0.5) is 11.4 Å². The van der Waals surface area contributed by atoms with Gasteiger partial charge in [0.25, 0.3) is 11.6 Å². The smallest absolute Gasteiger partial charge is 0.344 e. The van der Waals surface area contributed by atoms with Crippen molar-refractivity contribution in [2.45, 2.75) is 0 Å². The van der Waals surface area contributed by atoms with Gasteiger partial charge in [-0.25, -0.2) is 4.79 Å². The molecule has 0 radical (unpaired) electrons. The number of amides is 1. The van der Waals surface area contributed by atoms with Crippen molar-refractivity contribution in [2.75, 3.05) is 5.32 Å². The first-order valence-electron chi connectivity index (χ1n) is 10.5. The summed E-state index contributed by atoms with van der Waals surface area (Å²) >= 11 is 5.80. The van der Waals surface area contributed by atoms with Crippen molar-refractivity contribution < 1.29 is 19.2 Å². The molecule has 4 rings (SSSR count). The van der Waals surface area contributed by atoms with E-state index in [1.807, 2.05) is 30.3 Å². The SMILES string of the molecule is N#C/C(=C\c1ccccc1OC(=O)c1cccc2ccccc12)C(=O)Nc1ccc(Cl)c([N+](=O)[O-])c1. The van der Waals surface area contributed by atoms with Gasteiger partial charge in [-0.15, -0.1) is 0 Å². The van der Waals surface area contributed by atoms with E-state index in [0.29, 0.717) is 11.1 Å². The predicted octanol–water partition coefficient (Wildman–Crippen LogP) is 6.17. The highest BCUT2D eigenvalue weighted by Gasteiger charge is 2.18. The predicted molar refractivity (Wildman–Crippen MR) is 136 cm³/mol. The number of hydrogen-bond donors (Lipinski definition) is 1. The second-order valence-electron chi connectivity index (χ2n) is 7.50. The van der Waals surface area contributed by atoms with Gasteiger partial charge in [-0.05, 0) is 41.1 Å². The minimum atomic E-state index is -0.802. The Morgan fingerprint density at radius 1 is 1.00 bits per heavy atom. The van der Waals surface area contributed by atoms with Crippen molar-refractivity contribution in [3.63, 3.8) is 0 Å².